The summed E-state index contributed by atoms with van der Waals surface area (Å²) in [6.07, 6.45) is 0. The van der Waals surface area contributed by atoms with Gasteiger partial charge < -0.3 is 4.74 Å². The molecule has 0 aliphatic carbocycles. The van der Waals surface area contributed by atoms with Crippen LogP contribution in [0.2, 0.25) is 10.0 Å². The van der Waals surface area contributed by atoms with Crippen molar-refractivity contribution in [1.29, 1.82) is 0 Å². The van der Waals surface area contributed by atoms with Crippen LogP contribution >= 0.6 is 23.2 Å². The number of ether oxygens (including phenoxy) is 1. The number of esters is 1. The van der Waals surface area contributed by atoms with Gasteiger partial charge in [0, 0.05) is 31.2 Å². The second kappa shape index (κ2) is 8.97. The molecule has 3 rings (SSSR count). The molecule has 156 valence electrons. The number of carbonyl (C=O) groups excluding carboxylic acids is 1. The zero-order valence-electron chi connectivity index (χ0n) is 15.5. The first-order valence-electron chi connectivity index (χ1n) is 8.77. The Labute approximate surface area is 178 Å². The fourth-order valence-corrected chi connectivity index (χ4v) is 5.47. The van der Waals surface area contributed by atoms with Crippen molar-refractivity contribution in [3.05, 3.63) is 63.9 Å². The van der Waals surface area contributed by atoms with Crippen LogP contribution in [0.3, 0.4) is 0 Å². The van der Waals surface area contributed by atoms with E-state index in [1.54, 1.807) is 24.3 Å². The van der Waals surface area contributed by atoms with Gasteiger partial charge in [0.15, 0.2) is 0 Å². The number of methoxy groups -OCH3 is 1. The lowest BCUT2D eigenvalue weighted by atomic mass is 10.0. The highest BCUT2D eigenvalue weighted by molar-refractivity contribution is 7.89. The molecular weight excluding hydrogens is 442 g/mol. The van der Waals surface area contributed by atoms with E-state index in [-0.39, 0.29) is 36.1 Å². The summed E-state index contributed by atoms with van der Waals surface area (Å²) in [5.41, 5.74) is 0.596. The fraction of sp³-hybridized carbons (Fsp3) is 0.316. The monoisotopic (exact) mass is 460 g/mol. The van der Waals surface area contributed by atoms with Crippen LogP contribution in [0.25, 0.3) is 0 Å². The molecule has 0 saturated carbocycles. The molecule has 1 heterocycles. The Morgan fingerprint density at radius 2 is 1.72 bits per heavy atom. The van der Waals surface area contributed by atoms with E-state index < -0.39 is 27.9 Å². The smallest absolute Gasteiger partial charge is 0.327 e. The zero-order valence-corrected chi connectivity index (χ0v) is 17.8. The maximum absolute atomic E-state index is 13.3. The molecule has 0 radical (unpaired) electrons. The summed E-state index contributed by atoms with van der Waals surface area (Å²) in [6, 6.07) is 9.39. The molecule has 0 aromatic heterocycles. The van der Waals surface area contributed by atoms with Gasteiger partial charge in [-0.05, 0) is 29.8 Å². The molecular formula is C19H19Cl2FN2O4S. The fourth-order valence-electron chi connectivity index (χ4n) is 3.31. The van der Waals surface area contributed by atoms with Gasteiger partial charge in [-0.3, -0.25) is 4.90 Å². The number of carbonyl (C=O) groups is 1. The third kappa shape index (κ3) is 4.57. The summed E-state index contributed by atoms with van der Waals surface area (Å²) in [5.74, 6) is -1.09. The Kier molecular flexibility index (Phi) is 6.80. The number of piperazine rings is 1. The quantitative estimate of drug-likeness (QED) is 0.639. The third-order valence-corrected chi connectivity index (χ3v) is 7.50. The second-order valence-corrected chi connectivity index (χ2v) is 9.18. The average Bonchev–Trinajstić information content (AvgIpc) is 2.69. The summed E-state index contributed by atoms with van der Waals surface area (Å²) < 4.78 is 45.3. The van der Waals surface area contributed by atoms with E-state index >= 15 is 0 Å². The molecule has 1 unspecified atom stereocenters. The van der Waals surface area contributed by atoms with E-state index in [0.717, 1.165) is 18.2 Å². The van der Waals surface area contributed by atoms with Gasteiger partial charge in [0.05, 0.1) is 12.1 Å². The first kappa shape index (κ1) is 22.0. The van der Waals surface area contributed by atoms with Crippen molar-refractivity contribution in [3.63, 3.8) is 0 Å². The number of rotatable bonds is 5. The van der Waals surface area contributed by atoms with Gasteiger partial charge in [-0.1, -0.05) is 41.4 Å². The number of nitrogens with zero attached hydrogens (tertiary/aromatic N) is 2. The predicted molar refractivity (Wildman–Crippen MR) is 108 cm³/mol. The molecule has 0 N–H and O–H groups in total. The van der Waals surface area contributed by atoms with Crippen molar-refractivity contribution in [1.82, 2.24) is 9.21 Å². The minimum Gasteiger partial charge on any atom is -0.468 e. The molecule has 1 aliphatic rings. The Morgan fingerprint density at radius 1 is 1.07 bits per heavy atom. The number of sulfonamides is 1. The van der Waals surface area contributed by atoms with Gasteiger partial charge >= 0.3 is 5.97 Å². The Hall–Kier alpha value is -1.71. The molecule has 6 nitrogen and oxygen atoms in total. The van der Waals surface area contributed by atoms with Crippen molar-refractivity contribution in [2.24, 2.45) is 0 Å². The minimum atomic E-state index is -3.89. The molecule has 29 heavy (non-hydrogen) atoms. The predicted octanol–water partition coefficient (Wildman–Crippen LogP) is 3.35. The van der Waals surface area contributed by atoms with Gasteiger partial charge in [0.25, 0.3) is 0 Å². The van der Waals surface area contributed by atoms with E-state index in [9.17, 15) is 17.6 Å². The van der Waals surface area contributed by atoms with Gasteiger partial charge in [-0.15, -0.1) is 0 Å². The van der Waals surface area contributed by atoms with E-state index in [0.29, 0.717) is 10.6 Å². The van der Waals surface area contributed by atoms with E-state index in [2.05, 4.69) is 0 Å². The van der Waals surface area contributed by atoms with Crippen LogP contribution in [0.15, 0.2) is 47.4 Å². The molecule has 0 spiro atoms. The van der Waals surface area contributed by atoms with E-state index in [1.807, 2.05) is 4.90 Å². The highest BCUT2D eigenvalue weighted by Gasteiger charge is 2.36. The van der Waals surface area contributed by atoms with E-state index in [1.165, 1.54) is 11.4 Å². The van der Waals surface area contributed by atoms with Crippen LogP contribution in [-0.4, -0.2) is 56.9 Å². The summed E-state index contributed by atoms with van der Waals surface area (Å²) in [5, 5.41) is 0.256. The van der Waals surface area contributed by atoms with Crippen molar-refractivity contribution in [3.8, 4) is 0 Å². The molecule has 0 amide bonds. The Morgan fingerprint density at radius 3 is 2.31 bits per heavy atom. The van der Waals surface area contributed by atoms with Gasteiger partial charge in [-0.2, -0.15) is 4.31 Å². The summed E-state index contributed by atoms with van der Waals surface area (Å²) in [7, 11) is -2.60. The number of halogens is 3. The summed E-state index contributed by atoms with van der Waals surface area (Å²) in [4.78, 5) is 14.1. The lowest BCUT2D eigenvalue weighted by Crippen LogP contribution is -2.51. The maximum atomic E-state index is 13.3. The number of hydrogen-bond acceptors (Lipinski definition) is 5. The van der Waals surface area contributed by atoms with Gasteiger partial charge in [0.2, 0.25) is 10.0 Å². The summed E-state index contributed by atoms with van der Waals surface area (Å²) >= 11 is 12.2. The molecule has 2 aromatic rings. The minimum absolute atomic E-state index is 0.133. The highest BCUT2D eigenvalue weighted by Crippen LogP contribution is 2.31. The lowest BCUT2D eigenvalue weighted by Gasteiger charge is -2.37. The third-order valence-electron chi connectivity index (χ3n) is 4.77. The normalized spacial score (nSPS) is 17.1. The average molecular weight is 461 g/mol. The topological polar surface area (TPSA) is 66.9 Å². The number of benzene rings is 2. The molecule has 0 bridgehead atoms. The summed E-state index contributed by atoms with van der Waals surface area (Å²) in [6.45, 7) is 0.827. The molecule has 1 atom stereocenters. The molecule has 1 aliphatic heterocycles. The van der Waals surface area contributed by atoms with E-state index in [4.69, 9.17) is 27.9 Å². The van der Waals surface area contributed by atoms with Crippen molar-refractivity contribution in [2.75, 3.05) is 33.3 Å². The van der Waals surface area contributed by atoms with Crippen molar-refractivity contribution >= 4 is 39.2 Å². The van der Waals surface area contributed by atoms with Crippen LogP contribution in [0.5, 0.6) is 0 Å². The first-order valence-corrected chi connectivity index (χ1v) is 11.0. The maximum Gasteiger partial charge on any atom is 0.327 e. The SMILES string of the molecule is COC(=O)C(c1ccccc1Cl)N1CCN(S(=O)(=O)c2ccc(F)cc2Cl)CC1. The van der Waals surface area contributed by atoms with Crippen LogP contribution in [0, 0.1) is 5.82 Å². The van der Waals surface area contributed by atoms with Crippen molar-refractivity contribution in [2.45, 2.75) is 10.9 Å². The first-order chi connectivity index (χ1) is 13.8. The van der Waals surface area contributed by atoms with Crippen LogP contribution in [-0.2, 0) is 19.6 Å². The van der Waals surface area contributed by atoms with Crippen LogP contribution in [0.1, 0.15) is 11.6 Å². The lowest BCUT2D eigenvalue weighted by molar-refractivity contribution is -0.147. The molecule has 10 heteroatoms. The van der Waals surface area contributed by atoms with Crippen LogP contribution < -0.4 is 0 Å². The molecule has 2 aromatic carbocycles. The van der Waals surface area contributed by atoms with Gasteiger partial charge in [0.1, 0.15) is 16.8 Å². The molecule has 1 fully saturated rings. The molecule has 1 saturated heterocycles. The Balaban J connectivity index is 1.81. The standard InChI is InChI=1S/C19H19Cl2FN2O4S/c1-28-19(25)18(14-4-2-3-5-15(14)20)23-8-10-24(11-9-23)29(26,27)17-7-6-13(22)12-16(17)21/h2-7,12,18H,8-11H2,1H3. The van der Waals surface area contributed by atoms with Crippen LogP contribution in [0.4, 0.5) is 4.39 Å². The second-order valence-electron chi connectivity index (χ2n) is 6.46. The largest absolute Gasteiger partial charge is 0.468 e. The zero-order chi connectivity index (χ0) is 21.2. The van der Waals surface area contributed by atoms with Gasteiger partial charge in [-0.25, -0.2) is 17.6 Å². The Bertz CT molecular complexity index is 1010. The van der Waals surface area contributed by atoms with Crippen molar-refractivity contribution < 1.29 is 22.3 Å². The number of hydrogen-bond donors (Lipinski definition) is 0. The highest BCUT2D eigenvalue weighted by atomic mass is 35.5.